The van der Waals surface area contributed by atoms with Crippen LogP contribution in [-0.4, -0.2) is 54.1 Å². The van der Waals surface area contributed by atoms with Crippen LogP contribution in [0.5, 0.6) is 0 Å². The second-order valence-electron chi connectivity index (χ2n) is 7.55. The molecule has 0 spiro atoms. The molecule has 9 nitrogen and oxygen atoms in total. The van der Waals surface area contributed by atoms with Crippen molar-refractivity contribution in [2.45, 2.75) is 5.92 Å². The third-order valence-electron chi connectivity index (χ3n) is 5.42. The molecule has 1 unspecified atom stereocenters. The van der Waals surface area contributed by atoms with Gasteiger partial charge in [0.15, 0.2) is 11.5 Å². The van der Waals surface area contributed by atoms with E-state index in [9.17, 15) is 0 Å². The van der Waals surface area contributed by atoms with Crippen LogP contribution in [0.1, 0.15) is 11.6 Å². The lowest BCUT2D eigenvalue weighted by molar-refractivity contribution is 0.380. The number of hydrogen-bond donors (Lipinski definition) is 2. The zero-order valence-corrected chi connectivity index (χ0v) is 16.8. The van der Waals surface area contributed by atoms with Crippen LogP contribution in [0.25, 0.3) is 28.1 Å². The number of hydrogen-bond acceptors (Lipinski definition) is 7. The summed E-state index contributed by atoms with van der Waals surface area (Å²) in [5.41, 5.74) is 5.56. The molecule has 0 radical (unpaired) electrons. The van der Waals surface area contributed by atoms with Gasteiger partial charge in [-0.2, -0.15) is 5.10 Å². The van der Waals surface area contributed by atoms with Crippen molar-refractivity contribution in [1.29, 1.82) is 0 Å². The van der Waals surface area contributed by atoms with Crippen LogP contribution in [0.15, 0.2) is 66.4 Å². The molecule has 6 rings (SSSR count). The Morgan fingerprint density at radius 1 is 1.13 bits per heavy atom. The van der Waals surface area contributed by atoms with Gasteiger partial charge < -0.3 is 10.3 Å². The maximum absolute atomic E-state index is 4.66. The molecule has 0 aliphatic carbocycles. The summed E-state index contributed by atoms with van der Waals surface area (Å²) < 4.78 is 2.07. The quantitative estimate of drug-likeness (QED) is 0.472. The van der Waals surface area contributed by atoms with E-state index >= 15 is 0 Å². The summed E-state index contributed by atoms with van der Waals surface area (Å²) in [4.78, 5) is 21.3. The number of H-pyrrole nitrogens is 1. The number of fused-ring (bicyclic) bond motifs is 2. The van der Waals surface area contributed by atoms with Crippen LogP contribution >= 0.6 is 0 Å². The molecule has 1 aliphatic rings. The molecular formula is C22H19N9. The van der Waals surface area contributed by atoms with Gasteiger partial charge >= 0.3 is 0 Å². The average molecular weight is 409 g/mol. The van der Waals surface area contributed by atoms with Crippen molar-refractivity contribution in [3.63, 3.8) is 0 Å². The number of rotatable bonds is 4. The van der Waals surface area contributed by atoms with Gasteiger partial charge in [-0.25, -0.2) is 15.0 Å². The van der Waals surface area contributed by atoms with Gasteiger partial charge in [0.2, 0.25) is 0 Å². The molecule has 1 aromatic carbocycles. The first-order valence-electron chi connectivity index (χ1n) is 9.99. The minimum Gasteiger partial charge on any atom is -0.338 e. The zero-order valence-electron chi connectivity index (χ0n) is 16.8. The van der Waals surface area contributed by atoms with Gasteiger partial charge in [0, 0.05) is 55.8 Å². The van der Waals surface area contributed by atoms with Crippen LogP contribution in [-0.2, 0) is 0 Å². The Labute approximate surface area is 177 Å². The highest BCUT2D eigenvalue weighted by Crippen LogP contribution is 2.27. The molecule has 0 fully saturated rings. The van der Waals surface area contributed by atoms with Gasteiger partial charge in [-0.15, -0.1) is 0 Å². The third kappa shape index (κ3) is 3.07. The van der Waals surface area contributed by atoms with Gasteiger partial charge in [0.05, 0.1) is 28.8 Å². The third-order valence-corrected chi connectivity index (χ3v) is 5.42. The summed E-state index contributed by atoms with van der Waals surface area (Å²) in [6.45, 7) is 0.842. The molecule has 5 heterocycles. The lowest BCUT2D eigenvalue weighted by atomic mass is 10.1. The summed E-state index contributed by atoms with van der Waals surface area (Å²) in [7, 11) is 1.97. The van der Waals surface area contributed by atoms with Crippen molar-refractivity contribution in [2.24, 2.45) is 5.10 Å². The molecule has 2 N–H and O–H groups in total. The number of nitrogens with zero attached hydrogens (tertiary/aromatic N) is 7. The van der Waals surface area contributed by atoms with Crippen molar-refractivity contribution in [1.82, 2.24) is 34.3 Å². The van der Waals surface area contributed by atoms with Crippen LogP contribution in [0.3, 0.4) is 0 Å². The SMILES string of the molecule is CN1CC(c2cnc3c(Nc4ccc5nc(-c6cccnc6)[nH]c5c4)nccn23)C=N1. The van der Waals surface area contributed by atoms with Gasteiger partial charge in [0.25, 0.3) is 0 Å². The van der Waals surface area contributed by atoms with Gasteiger partial charge in [-0.1, -0.05) is 0 Å². The predicted octanol–water partition coefficient (Wildman–Crippen LogP) is 3.43. The molecule has 5 aromatic rings. The molecule has 0 saturated carbocycles. The van der Waals surface area contributed by atoms with Crippen molar-refractivity contribution in [3.05, 3.63) is 67.0 Å². The number of aromatic nitrogens is 6. The smallest absolute Gasteiger partial charge is 0.180 e. The summed E-state index contributed by atoms with van der Waals surface area (Å²) >= 11 is 0. The van der Waals surface area contributed by atoms with E-state index in [2.05, 4.69) is 39.7 Å². The number of benzene rings is 1. The topological polar surface area (TPSA) is 99.4 Å². The Kier molecular flexibility index (Phi) is 3.92. The van der Waals surface area contributed by atoms with Gasteiger partial charge in [0.1, 0.15) is 5.82 Å². The maximum Gasteiger partial charge on any atom is 0.180 e. The number of likely N-dealkylation sites (N-methyl/N-ethyl adjacent to an activating group) is 1. The summed E-state index contributed by atoms with van der Waals surface area (Å²) in [6, 6.07) is 9.88. The molecule has 1 atom stereocenters. The van der Waals surface area contributed by atoms with Gasteiger partial charge in [-0.3, -0.25) is 14.4 Å². The van der Waals surface area contributed by atoms with Crippen LogP contribution in [0.2, 0.25) is 0 Å². The van der Waals surface area contributed by atoms with Crippen molar-refractivity contribution >= 4 is 34.4 Å². The predicted molar refractivity (Wildman–Crippen MR) is 119 cm³/mol. The van der Waals surface area contributed by atoms with Crippen molar-refractivity contribution < 1.29 is 0 Å². The maximum atomic E-state index is 4.66. The van der Waals surface area contributed by atoms with E-state index in [0.29, 0.717) is 5.82 Å². The highest BCUT2D eigenvalue weighted by atomic mass is 15.4. The Balaban J connectivity index is 1.33. The fraction of sp³-hybridized carbons (Fsp3) is 0.136. The monoisotopic (exact) mass is 409 g/mol. The molecule has 9 heteroatoms. The number of aromatic amines is 1. The van der Waals surface area contributed by atoms with E-state index in [1.165, 1.54) is 0 Å². The Morgan fingerprint density at radius 2 is 2.10 bits per heavy atom. The molecule has 0 saturated heterocycles. The van der Waals surface area contributed by atoms with E-state index in [4.69, 9.17) is 0 Å². The fourth-order valence-corrected chi connectivity index (χ4v) is 3.91. The average Bonchev–Trinajstić information content (AvgIpc) is 3.52. The second-order valence-corrected chi connectivity index (χ2v) is 7.55. The normalized spacial score (nSPS) is 15.9. The first kappa shape index (κ1) is 17.6. The van der Waals surface area contributed by atoms with Crippen LogP contribution < -0.4 is 5.32 Å². The molecule has 1 aliphatic heterocycles. The first-order chi connectivity index (χ1) is 15.2. The van der Waals surface area contributed by atoms with Gasteiger partial charge in [-0.05, 0) is 30.3 Å². The van der Waals surface area contributed by atoms with Crippen molar-refractivity contribution in [3.8, 4) is 11.4 Å². The zero-order chi connectivity index (χ0) is 20.8. The summed E-state index contributed by atoms with van der Waals surface area (Å²) in [5.74, 6) is 1.70. The van der Waals surface area contributed by atoms with E-state index in [1.54, 1.807) is 18.6 Å². The number of hydrazone groups is 1. The van der Waals surface area contributed by atoms with Crippen LogP contribution in [0, 0.1) is 0 Å². The molecule has 4 aromatic heterocycles. The minimum atomic E-state index is 0.211. The summed E-state index contributed by atoms with van der Waals surface area (Å²) in [5, 5.41) is 9.68. The van der Waals surface area contributed by atoms with E-state index in [1.807, 2.05) is 61.0 Å². The lowest BCUT2D eigenvalue weighted by Gasteiger charge is -2.11. The Hall–Kier alpha value is -4.27. The van der Waals surface area contributed by atoms with E-state index < -0.39 is 0 Å². The minimum absolute atomic E-state index is 0.211. The van der Waals surface area contributed by atoms with Crippen molar-refractivity contribution in [2.75, 3.05) is 18.9 Å². The largest absolute Gasteiger partial charge is 0.338 e. The molecule has 152 valence electrons. The fourth-order valence-electron chi connectivity index (χ4n) is 3.91. The highest BCUT2D eigenvalue weighted by molar-refractivity contribution is 5.84. The number of imidazole rings is 2. The number of nitrogens with one attached hydrogen (secondary N) is 2. The Morgan fingerprint density at radius 3 is 2.94 bits per heavy atom. The lowest BCUT2D eigenvalue weighted by Crippen LogP contribution is -2.13. The first-order valence-corrected chi connectivity index (χ1v) is 9.99. The highest BCUT2D eigenvalue weighted by Gasteiger charge is 2.21. The Bertz CT molecular complexity index is 1420. The van der Waals surface area contributed by atoms with E-state index in [-0.39, 0.29) is 5.92 Å². The summed E-state index contributed by atoms with van der Waals surface area (Å²) in [6.07, 6.45) is 11.1. The second kappa shape index (κ2) is 6.91. The molecule has 0 bridgehead atoms. The molecule has 0 amide bonds. The van der Waals surface area contributed by atoms with E-state index in [0.717, 1.165) is 46.0 Å². The molecule has 31 heavy (non-hydrogen) atoms. The number of pyridine rings is 1. The molecular weight excluding hydrogens is 390 g/mol. The number of anilines is 2. The standard InChI is InChI=1S/C22H19N9/c1-30-13-15(11-26-30)19-12-25-22-21(24-7-8-31(19)22)27-16-4-5-17-18(9-16)29-20(28-17)14-3-2-6-23-10-14/h2-12,15H,13H2,1H3,(H,24,27)(H,28,29). The van der Waals surface area contributed by atoms with Crippen LogP contribution in [0.4, 0.5) is 11.5 Å².